The van der Waals surface area contributed by atoms with E-state index >= 15 is 0 Å². The predicted octanol–water partition coefficient (Wildman–Crippen LogP) is 2.84. The Labute approximate surface area is 123 Å². The van der Waals surface area contributed by atoms with Gasteiger partial charge in [-0.2, -0.15) is 0 Å². The molecule has 0 amide bonds. The number of morpholine rings is 1. The second kappa shape index (κ2) is 7.77. The van der Waals surface area contributed by atoms with Gasteiger partial charge in [0, 0.05) is 31.2 Å². The fraction of sp³-hybridized carbons (Fsp3) is 0.647. The lowest BCUT2D eigenvalue weighted by atomic mass is 10.0. The van der Waals surface area contributed by atoms with Gasteiger partial charge in [0.1, 0.15) is 0 Å². The molecule has 1 fully saturated rings. The van der Waals surface area contributed by atoms with E-state index in [9.17, 15) is 0 Å². The van der Waals surface area contributed by atoms with Crippen LogP contribution in [0.25, 0.3) is 0 Å². The molecular weight excluding hydrogens is 248 g/mol. The van der Waals surface area contributed by atoms with Crippen LogP contribution in [0.1, 0.15) is 38.8 Å². The average Bonchev–Trinajstić information content (AvgIpc) is 2.49. The Bertz CT molecular complexity index is 380. The maximum Gasteiger partial charge on any atom is 0.0622 e. The molecule has 1 aromatic carbocycles. The highest BCUT2D eigenvalue weighted by atomic mass is 16.5. The highest BCUT2D eigenvalue weighted by molar-refractivity contribution is 5.20. The number of rotatable bonds is 6. The van der Waals surface area contributed by atoms with Crippen LogP contribution in [-0.2, 0) is 4.74 Å². The first kappa shape index (κ1) is 15.5. The number of hydrogen-bond donors (Lipinski definition) is 1. The lowest BCUT2D eigenvalue weighted by Gasteiger charge is -2.41. The Morgan fingerprint density at radius 3 is 2.70 bits per heavy atom. The van der Waals surface area contributed by atoms with E-state index in [0.29, 0.717) is 18.1 Å². The number of nitrogens with zero attached hydrogens (tertiary/aromatic N) is 1. The van der Waals surface area contributed by atoms with Gasteiger partial charge in [0.05, 0.1) is 13.2 Å². The quantitative estimate of drug-likeness (QED) is 0.864. The van der Waals surface area contributed by atoms with E-state index in [1.54, 1.807) is 0 Å². The monoisotopic (exact) mass is 276 g/mol. The van der Waals surface area contributed by atoms with Gasteiger partial charge >= 0.3 is 0 Å². The molecule has 0 spiro atoms. The summed E-state index contributed by atoms with van der Waals surface area (Å²) in [4.78, 5) is 2.62. The predicted molar refractivity (Wildman–Crippen MR) is 83.9 cm³/mol. The van der Waals surface area contributed by atoms with Crippen molar-refractivity contribution < 1.29 is 4.74 Å². The third-order valence-electron chi connectivity index (χ3n) is 4.05. The van der Waals surface area contributed by atoms with Crippen LogP contribution < -0.4 is 5.32 Å². The summed E-state index contributed by atoms with van der Waals surface area (Å²) >= 11 is 0. The maximum atomic E-state index is 5.65. The molecule has 0 aromatic heterocycles. The molecule has 2 rings (SSSR count). The van der Waals surface area contributed by atoms with E-state index in [0.717, 1.165) is 32.7 Å². The first-order valence-corrected chi connectivity index (χ1v) is 7.84. The van der Waals surface area contributed by atoms with Gasteiger partial charge in [0.25, 0.3) is 0 Å². The molecule has 0 bridgehead atoms. The van der Waals surface area contributed by atoms with E-state index in [1.165, 1.54) is 5.56 Å². The standard InChI is InChI=1S/C17H28N2O/c1-4-16-13-20-11-10-19(16)17(12-18-14(2)3)15-8-6-5-7-9-15/h5-9,14,16-18H,4,10-13H2,1-3H3. The first-order valence-electron chi connectivity index (χ1n) is 7.84. The fourth-order valence-corrected chi connectivity index (χ4v) is 2.88. The van der Waals surface area contributed by atoms with Crippen LogP contribution >= 0.6 is 0 Å². The summed E-state index contributed by atoms with van der Waals surface area (Å²) in [5.74, 6) is 0. The van der Waals surface area contributed by atoms with Crippen molar-refractivity contribution in [3.63, 3.8) is 0 Å². The van der Waals surface area contributed by atoms with Gasteiger partial charge in [-0.3, -0.25) is 4.90 Å². The third-order valence-corrected chi connectivity index (χ3v) is 4.05. The molecule has 1 aromatic rings. The van der Waals surface area contributed by atoms with Gasteiger partial charge in [-0.25, -0.2) is 0 Å². The topological polar surface area (TPSA) is 24.5 Å². The molecule has 1 aliphatic rings. The second-order valence-corrected chi connectivity index (χ2v) is 5.86. The van der Waals surface area contributed by atoms with Crippen LogP contribution in [0.4, 0.5) is 0 Å². The molecule has 0 radical (unpaired) electrons. The molecule has 2 atom stereocenters. The van der Waals surface area contributed by atoms with Gasteiger partial charge in [0.15, 0.2) is 0 Å². The number of hydrogen-bond acceptors (Lipinski definition) is 3. The Morgan fingerprint density at radius 2 is 2.05 bits per heavy atom. The van der Waals surface area contributed by atoms with E-state index in [1.807, 2.05) is 0 Å². The van der Waals surface area contributed by atoms with Gasteiger partial charge in [-0.15, -0.1) is 0 Å². The summed E-state index contributed by atoms with van der Waals surface area (Å²) in [5.41, 5.74) is 1.40. The van der Waals surface area contributed by atoms with Crippen LogP contribution in [0.15, 0.2) is 30.3 Å². The van der Waals surface area contributed by atoms with Crippen molar-refractivity contribution in [2.45, 2.75) is 45.3 Å². The minimum atomic E-state index is 0.437. The third kappa shape index (κ3) is 4.05. The summed E-state index contributed by atoms with van der Waals surface area (Å²) in [7, 11) is 0. The first-order chi connectivity index (χ1) is 9.72. The van der Waals surface area contributed by atoms with Crippen molar-refractivity contribution in [3.05, 3.63) is 35.9 Å². The largest absolute Gasteiger partial charge is 0.378 e. The van der Waals surface area contributed by atoms with Crippen LogP contribution in [0.5, 0.6) is 0 Å². The van der Waals surface area contributed by atoms with Crippen molar-refractivity contribution in [1.82, 2.24) is 10.2 Å². The van der Waals surface area contributed by atoms with Crippen LogP contribution in [0.2, 0.25) is 0 Å². The van der Waals surface area contributed by atoms with Gasteiger partial charge in [-0.1, -0.05) is 51.1 Å². The van der Waals surface area contributed by atoms with Crippen molar-refractivity contribution in [2.24, 2.45) is 0 Å². The summed E-state index contributed by atoms with van der Waals surface area (Å²) in [6.07, 6.45) is 1.14. The zero-order valence-electron chi connectivity index (χ0n) is 13.0. The number of ether oxygens (including phenoxy) is 1. The normalized spacial score (nSPS) is 22.1. The molecule has 1 heterocycles. The second-order valence-electron chi connectivity index (χ2n) is 5.86. The smallest absolute Gasteiger partial charge is 0.0622 e. The zero-order chi connectivity index (χ0) is 14.4. The van der Waals surface area contributed by atoms with Gasteiger partial charge in [0.2, 0.25) is 0 Å². The van der Waals surface area contributed by atoms with Crippen LogP contribution in [0.3, 0.4) is 0 Å². The van der Waals surface area contributed by atoms with Crippen molar-refractivity contribution in [1.29, 1.82) is 0 Å². The van der Waals surface area contributed by atoms with E-state index < -0.39 is 0 Å². The van der Waals surface area contributed by atoms with Crippen LogP contribution in [-0.4, -0.2) is 43.3 Å². The molecule has 3 nitrogen and oxygen atoms in total. The van der Waals surface area contributed by atoms with E-state index in [4.69, 9.17) is 4.74 Å². The van der Waals surface area contributed by atoms with Crippen molar-refractivity contribution in [2.75, 3.05) is 26.3 Å². The van der Waals surface area contributed by atoms with E-state index in [2.05, 4.69) is 61.3 Å². The highest BCUT2D eigenvalue weighted by Gasteiger charge is 2.29. The lowest BCUT2D eigenvalue weighted by Crippen LogP contribution is -2.49. The van der Waals surface area contributed by atoms with E-state index in [-0.39, 0.29) is 0 Å². The Kier molecular flexibility index (Phi) is 6.02. The molecule has 1 aliphatic heterocycles. The van der Waals surface area contributed by atoms with Gasteiger partial charge < -0.3 is 10.1 Å². The molecule has 0 aliphatic carbocycles. The lowest BCUT2D eigenvalue weighted by molar-refractivity contribution is -0.0309. The maximum absolute atomic E-state index is 5.65. The molecule has 2 unspecified atom stereocenters. The molecular formula is C17H28N2O. The SMILES string of the molecule is CCC1COCCN1C(CNC(C)C)c1ccccc1. The Balaban J connectivity index is 2.16. The molecule has 1 N–H and O–H groups in total. The average molecular weight is 276 g/mol. The molecule has 20 heavy (non-hydrogen) atoms. The Hall–Kier alpha value is -0.900. The summed E-state index contributed by atoms with van der Waals surface area (Å²) in [6, 6.07) is 12.3. The molecule has 1 saturated heterocycles. The molecule has 3 heteroatoms. The number of benzene rings is 1. The molecule has 112 valence electrons. The van der Waals surface area contributed by atoms with Crippen LogP contribution in [0, 0.1) is 0 Å². The number of nitrogens with one attached hydrogen (secondary N) is 1. The van der Waals surface area contributed by atoms with Crippen molar-refractivity contribution in [3.8, 4) is 0 Å². The summed E-state index contributed by atoms with van der Waals surface area (Å²) in [5, 5.41) is 3.60. The van der Waals surface area contributed by atoms with Gasteiger partial charge in [-0.05, 0) is 12.0 Å². The molecule has 0 saturated carbocycles. The minimum Gasteiger partial charge on any atom is -0.378 e. The summed E-state index contributed by atoms with van der Waals surface area (Å²) in [6.45, 7) is 10.4. The Morgan fingerprint density at radius 1 is 1.30 bits per heavy atom. The zero-order valence-corrected chi connectivity index (χ0v) is 13.0. The minimum absolute atomic E-state index is 0.437. The van der Waals surface area contributed by atoms with Crippen molar-refractivity contribution >= 4 is 0 Å². The highest BCUT2D eigenvalue weighted by Crippen LogP contribution is 2.25. The fourth-order valence-electron chi connectivity index (χ4n) is 2.88. The summed E-state index contributed by atoms with van der Waals surface area (Å²) < 4.78 is 5.65.